The number of aromatic nitrogens is 2. The van der Waals surface area contributed by atoms with Gasteiger partial charge < -0.3 is 5.73 Å². The van der Waals surface area contributed by atoms with Gasteiger partial charge in [-0.1, -0.05) is 36.4 Å². The molecule has 0 radical (unpaired) electrons. The minimum Gasteiger partial charge on any atom is -0.330 e. The van der Waals surface area contributed by atoms with E-state index in [4.69, 9.17) is 5.73 Å². The van der Waals surface area contributed by atoms with Gasteiger partial charge in [0, 0.05) is 17.5 Å². The summed E-state index contributed by atoms with van der Waals surface area (Å²) in [5.74, 6) is -0.247. The third-order valence-corrected chi connectivity index (χ3v) is 3.41. The van der Waals surface area contributed by atoms with Crippen LogP contribution in [0.5, 0.6) is 0 Å². The summed E-state index contributed by atoms with van der Waals surface area (Å²) in [4.78, 5) is 0. The van der Waals surface area contributed by atoms with Gasteiger partial charge in [0.2, 0.25) is 0 Å². The molecule has 1 heterocycles. The van der Waals surface area contributed by atoms with Gasteiger partial charge in [0.1, 0.15) is 5.82 Å². The van der Waals surface area contributed by atoms with Crippen LogP contribution in [0.3, 0.4) is 0 Å². The van der Waals surface area contributed by atoms with Crippen molar-refractivity contribution in [3.05, 3.63) is 72.3 Å². The van der Waals surface area contributed by atoms with E-state index in [1.54, 1.807) is 18.3 Å². The molecule has 4 heteroatoms. The molecule has 0 aliphatic carbocycles. The summed E-state index contributed by atoms with van der Waals surface area (Å²) in [6.07, 6.45) is 2.34. The molecule has 21 heavy (non-hydrogen) atoms. The Balaban J connectivity index is 2.15. The molecule has 0 spiro atoms. The van der Waals surface area contributed by atoms with Crippen LogP contribution in [0.4, 0.5) is 4.39 Å². The Hall–Kier alpha value is -2.46. The van der Waals surface area contributed by atoms with Crippen molar-refractivity contribution in [2.24, 2.45) is 5.73 Å². The number of nitrogens with zero attached hydrogens (tertiary/aromatic N) is 2. The molecule has 106 valence electrons. The number of hydrogen-bond donors (Lipinski definition) is 1. The van der Waals surface area contributed by atoms with Crippen LogP contribution in [-0.2, 0) is 6.42 Å². The lowest BCUT2D eigenvalue weighted by molar-refractivity contribution is 0.631. The minimum absolute atomic E-state index is 0.247. The summed E-state index contributed by atoms with van der Waals surface area (Å²) in [5.41, 5.74) is 8.94. The molecule has 1 aromatic heterocycles. The van der Waals surface area contributed by atoms with E-state index in [1.807, 2.05) is 41.1 Å². The molecule has 0 saturated heterocycles. The number of benzene rings is 2. The van der Waals surface area contributed by atoms with E-state index < -0.39 is 0 Å². The Bertz CT molecular complexity index is 735. The maximum Gasteiger partial charge on any atom is 0.131 e. The van der Waals surface area contributed by atoms with E-state index in [9.17, 15) is 4.39 Å². The molecule has 0 aliphatic rings. The molecular formula is C17H16FN3. The lowest BCUT2D eigenvalue weighted by atomic mass is 10.0. The first-order valence-corrected chi connectivity index (χ1v) is 6.88. The Labute approximate surface area is 122 Å². The Kier molecular flexibility index (Phi) is 3.79. The Morgan fingerprint density at radius 1 is 0.952 bits per heavy atom. The number of para-hydroxylation sites is 1. The molecule has 3 nitrogen and oxygen atoms in total. The zero-order chi connectivity index (χ0) is 14.7. The molecule has 3 aromatic rings. The normalized spacial score (nSPS) is 10.8. The van der Waals surface area contributed by atoms with Crippen LogP contribution in [0.2, 0.25) is 0 Å². The molecular weight excluding hydrogens is 265 g/mol. The first-order valence-electron chi connectivity index (χ1n) is 6.88. The maximum absolute atomic E-state index is 14.0. The van der Waals surface area contributed by atoms with E-state index in [2.05, 4.69) is 5.10 Å². The monoisotopic (exact) mass is 281 g/mol. The lowest BCUT2D eigenvalue weighted by Crippen LogP contribution is -2.09. The highest BCUT2D eigenvalue weighted by Gasteiger charge is 2.15. The van der Waals surface area contributed by atoms with Gasteiger partial charge in [-0.2, -0.15) is 5.10 Å². The number of halogens is 1. The molecule has 0 fully saturated rings. The van der Waals surface area contributed by atoms with Crippen molar-refractivity contribution < 1.29 is 4.39 Å². The van der Waals surface area contributed by atoms with Crippen LogP contribution >= 0.6 is 0 Å². The lowest BCUT2D eigenvalue weighted by Gasteiger charge is -2.09. The van der Waals surface area contributed by atoms with Gasteiger partial charge in [-0.25, -0.2) is 9.07 Å². The summed E-state index contributed by atoms with van der Waals surface area (Å²) in [6.45, 7) is 0.486. The summed E-state index contributed by atoms with van der Waals surface area (Å²) < 4.78 is 15.9. The fraction of sp³-hybridized carbons (Fsp3) is 0.118. The summed E-state index contributed by atoms with van der Waals surface area (Å²) in [7, 11) is 0. The summed E-state index contributed by atoms with van der Waals surface area (Å²) in [6, 6.07) is 16.5. The first-order chi connectivity index (χ1) is 10.3. The van der Waals surface area contributed by atoms with Gasteiger partial charge in [-0.3, -0.25) is 0 Å². The molecule has 2 N–H and O–H groups in total. The van der Waals surface area contributed by atoms with Crippen LogP contribution in [0, 0.1) is 5.82 Å². The second-order valence-electron chi connectivity index (χ2n) is 4.77. The highest BCUT2D eigenvalue weighted by Crippen LogP contribution is 2.28. The van der Waals surface area contributed by atoms with Crippen molar-refractivity contribution in [2.45, 2.75) is 6.42 Å². The quantitative estimate of drug-likeness (QED) is 0.798. The molecule has 0 bridgehead atoms. The second-order valence-corrected chi connectivity index (χ2v) is 4.77. The van der Waals surface area contributed by atoms with Crippen molar-refractivity contribution in [1.82, 2.24) is 9.78 Å². The van der Waals surface area contributed by atoms with Crippen molar-refractivity contribution in [3.63, 3.8) is 0 Å². The minimum atomic E-state index is -0.247. The van der Waals surface area contributed by atoms with Gasteiger partial charge in [-0.15, -0.1) is 0 Å². The van der Waals surface area contributed by atoms with Crippen molar-refractivity contribution in [2.75, 3.05) is 6.54 Å². The fourth-order valence-corrected chi connectivity index (χ4v) is 2.45. The zero-order valence-corrected chi connectivity index (χ0v) is 11.5. The van der Waals surface area contributed by atoms with Crippen LogP contribution in [0.15, 0.2) is 60.8 Å². The SMILES string of the molecule is NCCc1c(-c2ccccc2F)cnn1-c1ccccc1. The number of rotatable bonds is 4. The van der Waals surface area contributed by atoms with Crippen LogP contribution < -0.4 is 5.73 Å². The standard InChI is InChI=1S/C17H16FN3/c18-16-9-5-4-8-14(16)15-12-20-21(17(15)10-11-19)13-6-2-1-3-7-13/h1-9,12H,10-11,19H2. The van der Waals surface area contributed by atoms with E-state index in [1.165, 1.54) is 6.07 Å². The van der Waals surface area contributed by atoms with Gasteiger partial charge >= 0.3 is 0 Å². The Morgan fingerprint density at radius 3 is 2.38 bits per heavy atom. The molecule has 3 rings (SSSR count). The Morgan fingerprint density at radius 2 is 1.67 bits per heavy atom. The van der Waals surface area contributed by atoms with E-state index in [-0.39, 0.29) is 5.82 Å². The highest BCUT2D eigenvalue weighted by molar-refractivity contribution is 5.67. The predicted molar refractivity (Wildman–Crippen MR) is 81.7 cm³/mol. The molecule has 0 aliphatic heterocycles. The van der Waals surface area contributed by atoms with Gasteiger partial charge in [0.15, 0.2) is 0 Å². The van der Waals surface area contributed by atoms with Crippen LogP contribution in [0.1, 0.15) is 5.69 Å². The van der Waals surface area contributed by atoms with Gasteiger partial charge in [0.05, 0.1) is 17.6 Å². The zero-order valence-electron chi connectivity index (χ0n) is 11.5. The largest absolute Gasteiger partial charge is 0.330 e. The third kappa shape index (κ3) is 2.58. The second kappa shape index (κ2) is 5.89. The topological polar surface area (TPSA) is 43.8 Å². The summed E-state index contributed by atoms with van der Waals surface area (Å²) in [5, 5.41) is 4.42. The molecule has 0 saturated carbocycles. The molecule has 0 amide bonds. The van der Waals surface area contributed by atoms with E-state index in [0.717, 1.165) is 16.9 Å². The van der Waals surface area contributed by atoms with Gasteiger partial charge in [0.25, 0.3) is 0 Å². The maximum atomic E-state index is 14.0. The summed E-state index contributed by atoms with van der Waals surface area (Å²) >= 11 is 0. The van der Waals surface area contributed by atoms with E-state index >= 15 is 0 Å². The smallest absolute Gasteiger partial charge is 0.131 e. The molecule has 0 unspecified atom stereocenters. The molecule has 0 atom stereocenters. The van der Waals surface area contributed by atoms with Crippen molar-refractivity contribution >= 4 is 0 Å². The fourth-order valence-electron chi connectivity index (χ4n) is 2.45. The van der Waals surface area contributed by atoms with Crippen molar-refractivity contribution in [3.8, 4) is 16.8 Å². The number of hydrogen-bond acceptors (Lipinski definition) is 2. The highest BCUT2D eigenvalue weighted by atomic mass is 19.1. The van der Waals surface area contributed by atoms with Crippen LogP contribution in [-0.4, -0.2) is 16.3 Å². The van der Waals surface area contributed by atoms with Crippen molar-refractivity contribution in [1.29, 1.82) is 0 Å². The average molecular weight is 281 g/mol. The number of nitrogens with two attached hydrogens (primary N) is 1. The average Bonchev–Trinajstić information content (AvgIpc) is 2.93. The van der Waals surface area contributed by atoms with Gasteiger partial charge in [-0.05, 0) is 24.7 Å². The molecule has 2 aromatic carbocycles. The third-order valence-electron chi connectivity index (χ3n) is 3.41. The first kappa shape index (κ1) is 13.5. The van der Waals surface area contributed by atoms with E-state index in [0.29, 0.717) is 18.5 Å². The van der Waals surface area contributed by atoms with Crippen LogP contribution in [0.25, 0.3) is 16.8 Å². The predicted octanol–water partition coefficient (Wildman–Crippen LogP) is 3.18.